The van der Waals surface area contributed by atoms with Gasteiger partial charge in [-0.1, -0.05) is 12.1 Å². The number of nitrogens with one attached hydrogen (secondary N) is 1. The number of aromatic nitrogens is 1. The molecule has 0 saturated heterocycles. The Morgan fingerprint density at radius 2 is 1.82 bits per heavy atom. The molecule has 0 spiro atoms. The number of rotatable bonds is 7. The molecule has 2 aromatic carbocycles. The molecule has 3 rings (SSSR count). The van der Waals surface area contributed by atoms with Crippen LogP contribution in [0, 0.1) is 6.92 Å². The molecule has 0 bridgehead atoms. The largest absolute Gasteiger partial charge is 0.493 e. The summed E-state index contributed by atoms with van der Waals surface area (Å²) in [6.07, 6.45) is 0. The summed E-state index contributed by atoms with van der Waals surface area (Å²) in [6.45, 7) is 4.25. The molecule has 0 unspecified atom stereocenters. The van der Waals surface area contributed by atoms with Gasteiger partial charge in [0.2, 0.25) is 0 Å². The van der Waals surface area contributed by atoms with Crippen molar-refractivity contribution in [1.82, 2.24) is 4.98 Å². The van der Waals surface area contributed by atoms with E-state index in [0.717, 1.165) is 10.6 Å². The first kappa shape index (κ1) is 19.7. The van der Waals surface area contributed by atoms with Crippen LogP contribution in [0.15, 0.2) is 42.5 Å². The van der Waals surface area contributed by atoms with Gasteiger partial charge >= 0.3 is 0 Å². The number of thiazole rings is 1. The highest BCUT2D eigenvalue weighted by molar-refractivity contribution is 7.17. The molecule has 0 fully saturated rings. The highest BCUT2D eigenvalue weighted by atomic mass is 32.1. The van der Waals surface area contributed by atoms with E-state index in [-0.39, 0.29) is 5.91 Å². The van der Waals surface area contributed by atoms with Gasteiger partial charge in [0.15, 0.2) is 11.5 Å². The summed E-state index contributed by atoms with van der Waals surface area (Å²) in [7, 11) is 3.18. The van der Waals surface area contributed by atoms with Crippen LogP contribution in [0.25, 0.3) is 10.6 Å². The Morgan fingerprint density at radius 1 is 1.07 bits per heavy atom. The second-order valence-electron chi connectivity index (χ2n) is 5.89. The molecule has 3 aromatic rings. The highest BCUT2D eigenvalue weighted by Crippen LogP contribution is 2.35. The van der Waals surface area contributed by atoms with E-state index < -0.39 is 0 Å². The SMILES string of the molecule is CCOc1ccccc1NC(=O)c1sc(-c2ccc(OC)c(OC)c2)nc1C. The molecule has 7 heteroatoms. The maximum atomic E-state index is 12.8. The van der Waals surface area contributed by atoms with Crippen LogP contribution in [-0.4, -0.2) is 31.7 Å². The maximum Gasteiger partial charge on any atom is 0.267 e. The monoisotopic (exact) mass is 398 g/mol. The van der Waals surface area contributed by atoms with Crippen LogP contribution in [0.2, 0.25) is 0 Å². The Hall–Kier alpha value is -3.06. The Bertz CT molecular complexity index is 984. The number of anilines is 1. The van der Waals surface area contributed by atoms with E-state index in [2.05, 4.69) is 10.3 Å². The normalized spacial score (nSPS) is 10.4. The van der Waals surface area contributed by atoms with Crippen molar-refractivity contribution in [3.05, 3.63) is 53.0 Å². The zero-order valence-electron chi connectivity index (χ0n) is 16.2. The molecule has 0 saturated carbocycles. The van der Waals surface area contributed by atoms with Gasteiger partial charge in [0.05, 0.1) is 32.2 Å². The van der Waals surface area contributed by atoms with Gasteiger partial charge in [-0.2, -0.15) is 0 Å². The second-order valence-corrected chi connectivity index (χ2v) is 6.89. The number of methoxy groups -OCH3 is 2. The molecule has 0 radical (unpaired) electrons. The molecule has 146 valence electrons. The number of carbonyl (C=O) groups excluding carboxylic acids is 1. The van der Waals surface area contributed by atoms with Crippen molar-refractivity contribution in [2.45, 2.75) is 13.8 Å². The van der Waals surface area contributed by atoms with Crippen molar-refractivity contribution in [3.8, 4) is 27.8 Å². The van der Waals surface area contributed by atoms with E-state index in [1.54, 1.807) is 14.2 Å². The molecule has 28 heavy (non-hydrogen) atoms. The minimum atomic E-state index is -0.214. The fourth-order valence-electron chi connectivity index (χ4n) is 2.73. The summed E-state index contributed by atoms with van der Waals surface area (Å²) >= 11 is 1.33. The van der Waals surface area contributed by atoms with Crippen molar-refractivity contribution >= 4 is 22.9 Å². The Kier molecular flexibility index (Phi) is 6.16. The Balaban J connectivity index is 1.87. The number of hydrogen-bond acceptors (Lipinski definition) is 6. The minimum absolute atomic E-state index is 0.214. The van der Waals surface area contributed by atoms with Crippen LogP contribution in [0.3, 0.4) is 0 Å². The molecular formula is C21H22N2O4S. The lowest BCUT2D eigenvalue weighted by atomic mass is 10.2. The number of aryl methyl sites for hydroxylation is 1. The fraction of sp³-hybridized carbons (Fsp3) is 0.238. The molecule has 1 heterocycles. The summed E-state index contributed by atoms with van der Waals surface area (Å²) in [5.41, 5.74) is 2.16. The van der Waals surface area contributed by atoms with Crippen LogP contribution in [0.5, 0.6) is 17.2 Å². The van der Waals surface area contributed by atoms with E-state index in [0.29, 0.717) is 40.1 Å². The van der Waals surface area contributed by atoms with Crippen LogP contribution in [-0.2, 0) is 0 Å². The van der Waals surface area contributed by atoms with Gasteiger partial charge < -0.3 is 19.5 Å². The lowest BCUT2D eigenvalue weighted by Crippen LogP contribution is -2.12. The van der Waals surface area contributed by atoms with Crippen molar-refractivity contribution in [3.63, 3.8) is 0 Å². The smallest absolute Gasteiger partial charge is 0.267 e. The molecule has 1 N–H and O–H groups in total. The zero-order chi connectivity index (χ0) is 20.1. The number of para-hydroxylation sites is 2. The Labute approximate surface area is 168 Å². The minimum Gasteiger partial charge on any atom is -0.493 e. The van der Waals surface area contributed by atoms with Crippen LogP contribution in [0.4, 0.5) is 5.69 Å². The molecule has 0 atom stereocenters. The van der Waals surface area contributed by atoms with E-state index in [1.807, 2.05) is 56.3 Å². The average Bonchev–Trinajstić information content (AvgIpc) is 3.11. The van der Waals surface area contributed by atoms with E-state index in [4.69, 9.17) is 14.2 Å². The molecule has 0 aliphatic heterocycles. The summed E-state index contributed by atoms with van der Waals surface area (Å²) in [4.78, 5) is 17.9. The van der Waals surface area contributed by atoms with Crippen molar-refractivity contribution in [1.29, 1.82) is 0 Å². The molecule has 1 amide bonds. The number of ether oxygens (including phenoxy) is 3. The number of nitrogens with zero attached hydrogens (tertiary/aromatic N) is 1. The van der Waals surface area contributed by atoms with Crippen molar-refractivity contribution in [2.24, 2.45) is 0 Å². The molecule has 0 aliphatic carbocycles. The zero-order valence-corrected chi connectivity index (χ0v) is 17.1. The van der Waals surface area contributed by atoms with Gasteiger partial charge in [0.25, 0.3) is 5.91 Å². The van der Waals surface area contributed by atoms with Gasteiger partial charge in [-0.3, -0.25) is 4.79 Å². The topological polar surface area (TPSA) is 69.7 Å². The van der Waals surface area contributed by atoms with Crippen LogP contribution >= 0.6 is 11.3 Å². The second kappa shape index (κ2) is 8.75. The van der Waals surface area contributed by atoms with Gasteiger partial charge in [-0.05, 0) is 44.2 Å². The van der Waals surface area contributed by atoms with E-state index in [9.17, 15) is 4.79 Å². The third-order valence-electron chi connectivity index (χ3n) is 4.07. The fourth-order valence-corrected chi connectivity index (χ4v) is 3.69. The van der Waals surface area contributed by atoms with Crippen LogP contribution in [0.1, 0.15) is 22.3 Å². The van der Waals surface area contributed by atoms with E-state index in [1.165, 1.54) is 11.3 Å². The lowest BCUT2D eigenvalue weighted by molar-refractivity contribution is 0.102. The average molecular weight is 398 g/mol. The number of amides is 1. The summed E-state index contributed by atoms with van der Waals surface area (Å²) in [6, 6.07) is 12.9. The summed E-state index contributed by atoms with van der Waals surface area (Å²) in [5, 5.41) is 3.66. The lowest BCUT2D eigenvalue weighted by Gasteiger charge is -2.10. The highest BCUT2D eigenvalue weighted by Gasteiger charge is 2.18. The van der Waals surface area contributed by atoms with Crippen LogP contribution < -0.4 is 19.5 Å². The molecule has 1 aromatic heterocycles. The van der Waals surface area contributed by atoms with Crippen molar-refractivity contribution < 1.29 is 19.0 Å². The summed E-state index contributed by atoms with van der Waals surface area (Å²) < 4.78 is 16.2. The number of hydrogen-bond donors (Lipinski definition) is 1. The van der Waals surface area contributed by atoms with Gasteiger partial charge in [-0.25, -0.2) is 4.98 Å². The number of carbonyl (C=O) groups is 1. The third-order valence-corrected chi connectivity index (χ3v) is 5.27. The van der Waals surface area contributed by atoms with E-state index >= 15 is 0 Å². The predicted octanol–water partition coefficient (Wildman–Crippen LogP) is 4.79. The number of benzene rings is 2. The predicted molar refractivity (Wildman–Crippen MR) is 111 cm³/mol. The Morgan fingerprint density at radius 3 is 2.54 bits per heavy atom. The summed E-state index contributed by atoms with van der Waals surface area (Å²) in [5.74, 6) is 1.68. The first-order valence-electron chi connectivity index (χ1n) is 8.80. The third kappa shape index (κ3) is 4.09. The van der Waals surface area contributed by atoms with Gasteiger partial charge in [-0.15, -0.1) is 11.3 Å². The van der Waals surface area contributed by atoms with Crippen molar-refractivity contribution in [2.75, 3.05) is 26.1 Å². The molecule has 6 nitrogen and oxygen atoms in total. The first-order chi connectivity index (χ1) is 13.6. The standard InChI is InChI=1S/C21H22N2O4S/c1-5-27-16-9-7-6-8-15(16)23-20(24)19-13(2)22-21(28-19)14-10-11-17(25-3)18(12-14)26-4/h6-12H,5H2,1-4H3,(H,23,24). The maximum absolute atomic E-state index is 12.8. The van der Waals surface area contributed by atoms with Gasteiger partial charge in [0, 0.05) is 5.56 Å². The molecular weight excluding hydrogens is 376 g/mol. The quantitative estimate of drug-likeness (QED) is 0.620. The van der Waals surface area contributed by atoms with Gasteiger partial charge in [0.1, 0.15) is 15.6 Å². The first-order valence-corrected chi connectivity index (χ1v) is 9.62. The molecule has 0 aliphatic rings.